The van der Waals surface area contributed by atoms with Crippen LogP contribution in [-0.4, -0.2) is 39.5 Å². The molecule has 0 spiro atoms. The van der Waals surface area contributed by atoms with Crippen LogP contribution in [-0.2, 0) is 6.42 Å². The first kappa shape index (κ1) is 22.7. The molecule has 2 N–H and O–H groups in total. The number of pyridine rings is 2. The Labute approximate surface area is 182 Å². The van der Waals surface area contributed by atoms with Crippen LogP contribution in [0.2, 0.25) is 5.02 Å². The Balaban J connectivity index is 2.29. The van der Waals surface area contributed by atoms with Crippen LogP contribution in [0, 0.1) is 5.82 Å². The highest BCUT2D eigenvalue weighted by molar-refractivity contribution is 6.30. The van der Waals surface area contributed by atoms with Crippen molar-refractivity contribution in [3.05, 3.63) is 68.2 Å². The van der Waals surface area contributed by atoms with Crippen LogP contribution in [0.3, 0.4) is 0 Å². The van der Waals surface area contributed by atoms with Gasteiger partial charge in [0.2, 0.25) is 11.3 Å². The molecule has 9 heteroatoms. The number of carboxylic acid groups (broad SMARTS) is 1. The molecule has 164 valence electrons. The van der Waals surface area contributed by atoms with E-state index in [1.165, 1.54) is 30.0 Å². The molecular formula is C22H22ClFN2O5. The van der Waals surface area contributed by atoms with E-state index < -0.39 is 28.8 Å². The molecule has 2 aromatic heterocycles. The van der Waals surface area contributed by atoms with E-state index in [-0.39, 0.29) is 40.5 Å². The summed E-state index contributed by atoms with van der Waals surface area (Å²) in [6, 6.07) is 5.58. The van der Waals surface area contributed by atoms with E-state index in [1.807, 2.05) is 6.92 Å². The van der Waals surface area contributed by atoms with Crippen molar-refractivity contribution in [1.82, 2.24) is 9.55 Å². The Morgan fingerprint density at radius 1 is 1.35 bits per heavy atom. The predicted octanol–water partition coefficient (Wildman–Crippen LogP) is 3.82. The van der Waals surface area contributed by atoms with Crippen molar-refractivity contribution in [3.63, 3.8) is 0 Å². The zero-order valence-electron chi connectivity index (χ0n) is 17.1. The van der Waals surface area contributed by atoms with Crippen LogP contribution < -0.4 is 10.2 Å². The zero-order valence-corrected chi connectivity index (χ0v) is 17.8. The SMILES string of the molecule is CCC[C@@H](CO)n1cc(C(=O)O)c(=O)c2cc(Cc3cccc(Cl)c3F)c(OC)nc21. The maximum atomic E-state index is 14.4. The number of fused-ring (bicyclic) bond motifs is 1. The van der Waals surface area contributed by atoms with Crippen LogP contribution in [0.25, 0.3) is 11.0 Å². The fraction of sp³-hybridized carbons (Fsp3) is 0.318. The molecule has 7 nitrogen and oxygen atoms in total. The number of hydrogen-bond acceptors (Lipinski definition) is 5. The summed E-state index contributed by atoms with van der Waals surface area (Å²) in [4.78, 5) is 29.0. The van der Waals surface area contributed by atoms with E-state index in [1.54, 1.807) is 12.1 Å². The monoisotopic (exact) mass is 448 g/mol. The Morgan fingerprint density at radius 2 is 2.10 bits per heavy atom. The van der Waals surface area contributed by atoms with Gasteiger partial charge in [-0.25, -0.2) is 9.18 Å². The number of nitrogens with zero attached hydrogens (tertiary/aromatic N) is 2. The number of methoxy groups -OCH3 is 1. The number of hydrogen-bond donors (Lipinski definition) is 2. The van der Waals surface area contributed by atoms with Gasteiger partial charge in [-0.2, -0.15) is 4.98 Å². The lowest BCUT2D eigenvalue weighted by Crippen LogP contribution is -2.24. The van der Waals surface area contributed by atoms with E-state index in [4.69, 9.17) is 16.3 Å². The number of rotatable bonds is 8. The number of ether oxygens (including phenoxy) is 1. The lowest BCUT2D eigenvalue weighted by molar-refractivity contribution is 0.0694. The van der Waals surface area contributed by atoms with E-state index in [9.17, 15) is 24.2 Å². The maximum absolute atomic E-state index is 14.4. The molecule has 0 aliphatic heterocycles. The molecule has 2 heterocycles. The maximum Gasteiger partial charge on any atom is 0.341 e. The average Bonchev–Trinajstić information content (AvgIpc) is 2.75. The molecule has 0 bridgehead atoms. The summed E-state index contributed by atoms with van der Waals surface area (Å²) >= 11 is 5.87. The molecule has 0 aliphatic rings. The van der Waals surface area contributed by atoms with Gasteiger partial charge in [-0.05, 0) is 24.1 Å². The molecule has 3 aromatic rings. The van der Waals surface area contributed by atoms with Crippen molar-refractivity contribution in [2.45, 2.75) is 32.2 Å². The van der Waals surface area contributed by atoms with E-state index in [0.29, 0.717) is 12.0 Å². The van der Waals surface area contributed by atoms with Crippen LogP contribution in [0.4, 0.5) is 4.39 Å². The number of benzene rings is 1. The van der Waals surface area contributed by atoms with Gasteiger partial charge in [0.25, 0.3) is 0 Å². The van der Waals surface area contributed by atoms with E-state index >= 15 is 0 Å². The summed E-state index contributed by atoms with van der Waals surface area (Å²) in [5.41, 5.74) is -0.280. The molecule has 0 aliphatic carbocycles. The lowest BCUT2D eigenvalue weighted by Gasteiger charge is -2.21. The number of aromatic carboxylic acids is 1. The van der Waals surface area contributed by atoms with Crippen molar-refractivity contribution >= 4 is 28.6 Å². The molecular weight excluding hydrogens is 427 g/mol. The molecule has 0 radical (unpaired) electrons. The number of aliphatic hydroxyl groups excluding tert-OH is 1. The minimum atomic E-state index is -1.38. The predicted molar refractivity (Wildman–Crippen MR) is 115 cm³/mol. The van der Waals surface area contributed by atoms with Gasteiger partial charge in [0.15, 0.2) is 0 Å². The second kappa shape index (κ2) is 9.45. The largest absolute Gasteiger partial charge is 0.481 e. The molecule has 1 atom stereocenters. The van der Waals surface area contributed by atoms with Gasteiger partial charge in [-0.3, -0.25) is 4.79 Å². The van der Waals surface area contributed by atoms with Crippen molar-refractivity contribution in [2.75, 3.05) is 13.7 Å². The molecule has 0 saturated carbocycles. The van der Waals surface area contributed by atoms with Gasteiger partial charge in [0, 0.05) is 18.2 Å². The Bertz CT molecular complexity index is 1190. The molecule has 3 rings (SSSR count). The summed E-state index contributed by atoms with van der Waals surface area (Å²) in [7, 11) is 1.40. The molecule has 31 heavy (non-hydrogen) atoms. The van der Waals surface area contributed by atoms with Crippen molar-refractivity contribution in [1.29, 1.82) is 0 Å². The van der Waals surface area contributed by atoms with Gasteiger partial charge < -0.3 is 19.5 Å². The topological polar surface area (TPSA) is 102 Å². The number of halogens is 2. The third-order valence-electron chi connectivity index (χ3n) is 5.11. The number of carbonyl (C=O) groups is 1. The van der Waals surface area contributed by atoms with Crippen molar-refractivity contribution in [3.8, 4) is 5.88 Å². The Hall–Kier alpha value is -2.97. The summed E-state index contributed by atoms with van der Waals surface area (Å²) in [5, 5.41) is 19.4. The number of carboxylic acids is 1. The van der Waals surface area contributed by atoms with Crippen LogP contribution in [0.5, 0.6) is 5.88 Å². The highest BCUT2D eigenvalue weighted by atomic mass is 35.5. The van der Waals surface area contributed by atoms with E-state index in [0.717, 1.165) is 6.42 Å². The summed E-state index contributed by atoms with van der Waals surface area (Å²) in [5.74, 6) is -1.81. The number of aromatic nitrogens is 2. The third kappa shape index (κ3) is 4.40. The van der Waals surface area contributed by atoms with E-state index in [2.05, 4.69) is 4.98 Å². The minimum absolute atomic E-state index is 0.0354. The number of aliphatic hydroxyl groups is 1. The Morgan fingerprint density at radius 3 is 2.71 bits per heavy atom. The fourth-order valence-corrected chi connectivity index (χ4v) is 3.77. The first-order valence-electron chi connectivity index (χ1n) is 9.72. The fourth-order valence-electron chi connectivity index (χ4n) is 3.57. The molecule has 1 aromatic carbocycles. The second-order valence-corrected chi connectivity index (χ2v) is 7.53. The minimum Gasteiger partial charge on any atom is -0.481 e. The Kier molecular flexibility index (Phi) is 6.92. The highest BCUT2D eigenvalue weighted by Crippen LogP contribution is 2.28. The molecule has 0 unspecified atom stereocenters. The average molecular weight is 449 g/mol. The standard InChI is InChI=1S/C22H22ClFN2O5/c1-3-5-14(11-27)26-10-16(22(29)30)19(28)15-9-13(21(31-2)25-20(15)26)8-12-6-4-7-17(23)18(12)24/h4,6-7,9-10,14,27H,3,5,8,11H2,1-2H3,(H,29,30)/t14-/m0/s1. The quantitative estimate of drug-likeness (QED) is 0.543. The van der Waals surface area contributed by atoms with Crippen LogP contribution in [0.15, 0.2) is 35.3 Å². The summed E-state index contributed by atoms with van der Waals surface area (Å²) in [6.07, 6.45) is 2.51. The van der Waals surface area contributed by atoms with Crippen LogP contribution >= 0.6 is 11.6 Å². The third-order valence-corrected chi connectivity index (χ3v) is 5.40. The van der Waals surface area contributed by atoms with Gasteiger partial charge in [-0.1, -0.05) is 37.1 Å². The van der Waals surface area contributed by atoms with Crippen molar-refractivity contribution in [2.24, 2.45) is 0 Å². The smallest absolute Gasteiger partial charge is 0.341 e. The van der Waals surface area contributed by atoms with Gasteiger partial charge in [0.05, 0.1) is 30.2 Å². The summed E-state index contributed by atoms with van der Waals surface area (Å²) in [6.45, 7) is 1.67. The normalized spacial score (nSPS) is 12.2. The van der Waals surface area contributed by atoms with Crippen molar-refractivity contribution < 1.29 is 24.1 Å². The summed E-state index contributed by atoms with van der Waals surface area (Å²) < 4.78 is 21.3. The molecule has 0 saturated heterocycles. The second-order valence-electron chi connectivity index (χ2n) is 7.13. The highest BCUT2D eigenvalue weighted by Gasteiger charge is 2.22. The molecule has 0 amide bonds. The van der Waals surface area contributed by atoms with Gasteiger partial charge in [-0.15, -0.1) is 0 Å². The first-order valence-corrected chi connectivity index (χ1v) is 10.1. The molecule has 0 fully saturated rings. The zero-order chi connectivity index (χ0) is 22.7. The van der Waals surface area contributed by atoms with Gasteiger partial charge >= 0.3 is 5.97 Å². The van der Waals surface area contributed by atoms with Crippen LogP contribution in [0.1, 0.15) is 47.3 Å². The first-order chi connectivity index (χ1) is 14.8. The van der Waals surface area contributed by atoms with Gasteiger partial charge in [0.1, 0.15) is 17.0 Å². The lowest BCUT2D eigenvalue weighted by atomic mass is 10.0.